The molecular weight excluding hydrogens is 398 g/mol. The van der Waals surface area contributed by atoms with E-state index in [0.717, 1.165) is 35.1 Å². The fraction of sp³-hybridized carbons (Fsp3) is 0.545. The summed E-state index contributed by atoms with van der Waals surface area (Å²) in [5.74, 6) is 3.61. The standard InChI is InChI=1S/C22H29N5O2S/c1-22(2,3)20-23-18(26-29-20)14-30-21-25-24-19(16-12-8-9-13-17(16)28-4)27(21)15-10-6-5-7-11-15/h8-9,12-13,15H,5-7,10-11,14H2,1-4H3. The van der Waals surface area contributed by atoms with Crippen molar-refractivity contribution in [2.24, 2.45) is 0 Å². The summed E-state index contributed by atoms with van der Waals surface area (Å²) in [7, 11) is 1.69. The van der Waals surface area contributed by atoms with Gasteiger partial charge in [0.15, 0.2) is 16.8 Å². The zero-order valence-electron chi connectivity index (χ0n) is 18.1. The second-order valence-electron chi connectivity index (χ2n) is 8.72. The molecule has 0 spiro atoms. The molecule has 1 fully saturated rings. The van der Waals surface area contributed by atoms with Crippen LogP contribution >= 0.6 is 11.8 Å². The molecule has 8 heteroatoms. The van der Waals surface area contributed by atoms with Crippen LogP contribution in [0.4, 0.5) is 0 Å². The van der Waals surface area contributed by atoms with Crippen molar-refractivity contribution in [3.05, 3.63) is 36.0 Å². The van der Waals surface area contributed by atoms with Crippen LogP contribution in [0.3, 0.4) is 0 Å². The van der Waals surface area contributed by atoms with Gasteiger partial charge < -0.3 is 9.26 Å². The maximum absolute atomic E-state index is 5.59. The molecule has 1 aromatic carbocycles. The lowest BCUT2D eigenvalue weighted by molar-refractivity contribution is 0.319. The van der Waals surface area contributed by atoms with Crippen LogP contribution in [0.15, 0.2) is 33.9 Å². The molecule has 1 aliphatic rings. The molecule has 160 valence electrons. The zero-order valence-corrected chi connectivity index (χ0v) is 18.9. The van der Waals surface area contributed by atoms with Crippen molar-refractivity contribution < 1.29 is 9.26 Å². The van der Waals surface area contributed by atoms with Crippen LogP contribution in [0, 0.1) is 0 Å². The Morgan fingerprint density at radius 3 is 2.60 bits per heavy atom. The number of aromatic nitrogens is 5. The van der Waals surface area contributed by atoms with E-state index in [4.69, 9.17) is 9.26 Å². The highest BCUT2D eigenvalue weighted by atomic mass is 32.2. The third-order valence-corrected chi connectivity index (χ3v) is 6.33. The molecule has 2 heterocycles. The van der Waals surface area contributed by atoms with Crippen LogP contribution in [-0.2, 0) is 11.2 Å². The number of thioether (sulfide) groups is 1. The number of para-hydroxylation sites is 1. The van der Waals surface area contributed by atoms with Crippen molar-refractivity contribution in [3.63, 3.8) is 0 Å². The summed E-state index contributed by atoms with van der Waals surface area (Å²) < 4.78 is 13.3. The molecule has 0 unspecified atom stereocenters. The number of benzene rings is 1. The van der Waals surface area contributed by atoms with Gasteiger partial charge in [-0.05, 0) is 25.0 Å². The minimum atomic E-state index is -0.158. The minimum absolute atomic E-state index is 0.158. The van der Waals surface area contributed by atoms with Gasteiger partial charge in [0, 0.05) is 11.5 Å². The first-order valence-corrected chi connectivity index (χ1v) is 11.5. The average molecular weight is 428 g/mol. The van der Waals surface area contributed by atoms with Crippen LogP contribution in [0.1, 0.15) is 70.6 Å². The summed E-state index contributed by atoms with van der Waals surface area (Å²) in [5, 5.41) is 14.2. The topological polar surface area (TPSA) is 78.9 Å². The Kier molecular flexibility index (Phi) is 6.13. The van der Waals surface area contributed by atoms with E-state index in [1.807, 2.05) is 24.3 Å². The molecule has 0 radical (unpaired) electrons. The molecule has 30 heavy (non-hydrogen) atoms. The summed E-state index contributed by atoms with van der Waals surface area (Å²) in [5.41, 5.74) is 0.814. The van der Waals surface area contributed by atoms with E-state index in [1.165, 1.54) is 19.3 Å². The normalized spacial score (nSPS) is 15.5. The molecule has 0 amide bonds. The molecular formula is C22H29N5O2S. The first-order valence-electron chi connectivity index (χ1n) is 10.5. The Labute approximate surface area is 181 Å². The van der Waals surface area contributed by atoms with Crippen molar-refractivity contribution >= 4 is 11.8 Å². The smallest absolute Gasteiger partial charge is 0.232 e. The predicted molar refractivity (Wildman–Crippen MR) is 117 cm³/mol. The third kappa shape index (κ3) is 4.38. The summed E-state index contributed by atoms with van der Waals surface area (Å²) in [6.45, 7) is 6.20. The summed E-state index contributed by atoms with van der Waals surface area (Å²) in [6.07, 6.45) is 6.05. The van der Waals surface area contributed by atoms with E-state index in [0.29, 0.717) is 23.5 Å². The van der Waals surface area contributed by atoms with E-state index < -0.39 is 0 Å². The Bertz CT molecular complexity index is 986. The number of nitrogens with zero attached hydrogens (tertiary/aromatic N) is 5. The molecule has 0 N–H and O–H groups in total. The van der Waals surface area contributed by atoms with E-state index in [9.17, 15) is 0 Å². The Balaban J connectivity index is 1.64. The van der Waals surface area contributed by atoms with Crippen LogP contribution in [0.2, 0.25) is 0 Å². The Morgan fingerprint density at radius 2 is 1.90 bits per heavy atom. The van der Waals surface area contributed by atoms with Crippen molar-refractivity contribution in [1.82, 2.24) is 24.9 Å². The van der Waals surface area contributed by atoms with Gasteiger partial charge in [-0.3, -0.25) is 4.57 Å². The van der Waals surface area contributed by atoms with Gasteiger partial charge in [0.2, 0.25) is 5.89 Å². The second kappa shape index (κ2) is 8.79. The maximum atomic E-state index is 5.59. The van der Waals surface area contributed by atoms with E-state index in [1.54, 1.807) is 18.9 Å². The molecule has 2 aromatic heterocycles. The molecule has 0 bridgehead atoms. The van der Waals surface area contributed by atoms with Crippen molar-refractivity contribution in [2.75, 3.05) is 7.11 Å². The van der Waals surface area contributed by atoms with Crippen LogP contribution in [0.25, 0.3) is 11.4 Å². The molecule has 4 rings (SSSR count). The zero-order chi connectivity index (χ0) is 21.1. The van der Waals surface area contributed by atoms with Gasteiger partial charge in [0.1, 0.15) is 5.75 Å². The molecule has 0 aliphatic heterocycles. The van der Waals surface area contributed by atoms with E-state index in [-0.39, 0.29) is 5.41 Å². The highest BCUT2D eigenvalue weighted by Gasteiger charge is 2.26. The lowest BCUT2D eigenvalue weighted by Crippen LogP contribution is -2.15. The van der Waals surface area contributed by atoms with Crippen LogP contribution < -0.4 is 4.74 Å². The second-order valence-corrected chi connectivity index (χ2v) is 9.67. The van der Waals surface area contributed by atoms with E-state index in [2.05, 4.69) is 45.7 Å². The van der Waals surface area contributed by atoms with Gasteiger partial charge >= 0.3 is 0 Å². The highest BCUT2D eigenvalue weighted by molar-refractivity contribution is 7.98. The van der Waals surface area contributed by atoms with Gasteiger partial charge in [-0.25, -0.2) is 0 Å². The Hall–Kier alpha value is -2.35. The number of methoxy groups -OCH3 is 1. The largest absolute Gasteiger partial charge is 0.496 e. The van der Waals surface area contributed by atoms with Crippen molar-refractivity contribution in [3.8, 4) is 17.1 Å². The van der Waals surface area contributed by atoms with Gasteiger partial charge in [0.05, 0.1) is 18.4 Å². The summed E-state index contributed by atoms with van der Waals surface area (Å²) >= 11 is 1.61. The molecule has 0 atom stereocenters. The molecule has 3 aromatic rings. The molecule has 0 saturated heterocycles. The molecule has 7 nitrogen and oxygen atoms in total. The number of hydrogen-bond acceptors (Lipinski definition) is 7. The van der Waals surface area contributed by atoms with Gasteiger partial charge in [-0.2, -0.15) is 4.98 Å². The molecule has 1 aliphatic carbocycles. The van der Waals surface area contributed by atoms with Crippen LogP contribution in [0.5, 0.6) is 5.75 Å². The number of hydrogen-bond donors (Lipinski definition) is 0. The number of rotatable bonds is 6. The highest BCUT2D eigenvalue weighted by Crippen LogP contribution is 2.38. The number of ether oxygens (including phenoxy) is 1. The van der Waals surface area contributed by atoms with Gasteiger partial charge in [0.25, 0.3) is 0 Å². The van der Waals surface area contributed by atoms with Crippen LogP contribution in [-0.4, -0.2) is 32.0 Å². The monoisotopic (exact) mass is 427 g/mol. The summed E-state index contributed by atoms with van der Waals surface area (Å²) in [6, 6.07) is 8.40. The maximum Gasteiger partial charge on any atom is 0.232 e. The first kappa shape index (κ1) is 20.9. The lowest BCUT2D eigenvalue weighted by Gasteiger charge is -2.25. The predicted octanol–water partition coefficient (Wildman–Crippen LogP) is 5.43. The average Bonchev–Trinajstić information content (AvgIpc) is 3.40. The van der Waals surface area contributed by atoms with E-state index >= 15 is 0 Å². The fourth-order valence-corrected chi connectivity index (χ4v) is 4.65. The SMILES string of the molecule is COc1ccccc1-c1nnc(SCc2noc(C(C)(C)C)n2)n1C1CCCCC1. The summed E-state index contributed by atoms with van der Waals surface area (Å²) in [4.78, 5) is 4.56. The van der Waals surface area contributed by atoms with Crippen molar-refractivity contribution in [1.29, 1.82) is 0 Å². The third-order valence-electron chi connectivity index (χ3n) is 5.39. The fourth-order valence-electron chi connectivity index (χ4n) is 3.80. The molecule has 1 saturated carbocycles. The Morgan fingerprint density at radius 1 is 1.13 bits per heavy atom. The van der Waals surface area contributed by atoms with Crippen molar-refractivity contribution in [2.45, 2.75) is 75.2 Å². The van der Waals surface area contributed by atoms with Gasteiger partial charge in [-0.1, -0.05) is 69.1 Å². The quantitative estimate of drug-likeness (QED) is 0.485. The lowest BCUT2D eigenvalue weighted by atomic mass is 9.95. The minimum Gasteiger partial charge on any atom is -0.496 e. The van der Waals surface area contributed by atoms with Gasteiger partial charge in [-0.15, -0.1) is 10.2 Å². The first-order chi connectivity index (χ1) is 14.5.